The van der Waals surface area contributed by atoms with Gasteiger partial charge in [-0.2, -0.15) is 0 Å². The molecule has 0 radical (unpaired) electrons. The van der Waals surface area contributed by atoms with Crippen LogP contribution in [0.25, 0.3) is 22.3 Å². The van der Waals surface area contributed by atoms with Crippen molar-refractivity contribution in [3.8, 4) is 11.4 Å². The number of cyclic esters (lactones) is 1. The zero-order valence-corrected chi connectivity index (χ0v) is 63.3. The highest BCUT2D eigenvalue weighted by Gasteiger charge is 2.52. The second kappa shape index (κ2) is 36.9. The van der Waals surface area contributed by atoms with E-state index in [1.54, 1.807) is 33.8 Å². The van der Waals surface area contributed by atoms with Crippen LogP contribution in [0.3, 0.4) is 0 Å². The van der Waals surface area contributed by atoms with Gasteiger partial charge in [-0.1, -0.05) is 45.9 Å². The van der Waals surface area contributed by atoms with E-state index in [2.05, 4.69) is 52.6 Å². The summed E-state index contributed by atoms with van der Waals surface area (Å²) in [6, 6.07) is 12.6. The van der Waals surface area contributed by atoms with E-state index >= 15 is 4.39 Å². The van der Waals surface area contributed by atoms with Crippen LogP contribution in [0.15, 0.2) is 94.6 Å². The number of carbonyl (C=O) groups excluding carboxylic acids is 9. The van der Waals surface area contributed by atoms with Crippen LogP contribution < -0.4 is 58.1 Å². The molecule has 36 heteroatoms. The third kappa shape index (κ3) is 19.9. The first-order chi connectivity index (χ1) is 53.5. The number of aliphatic carboxylic acids is 2. The number of carboxylic acids is 2. The van der Waals surface area contributed by atoms with Gasteiger partial charge in [0.15, 0.2) is 0 Å². The number of amides is 10. The van der Waals surface area contributed by atoms with Gasteiger partial charge in [-0.25, -0.2) is 41.8 Å². The fraction of sp³-hybridized carbons (Fsp3) is 0.434. The molecule has 0 spiro atoms. The summed E-state index contributed by atoms with van der Waals surface area (Å²) in [6.45, 7) is 10.2. The lowest BCUT2D eigenvalue weighted by Crippen LogP contribution is -2.57. The zero-order chi connectivity index (χ0) is 80.7. The molecule has 2 aromatic heterocycles. The maximum absolute atomic E-state index is 15.5. The Balaban J connectivity index is 0.628. The number of rotatable bonds is 35. The number of benzene rings is 4. The van der Waals surface area contributed by atoms with Crippen LogP contribution in [-0.2, 0) is 97.2 Å². The molecule has 4 aromatic carbocycles. The highest BCUT2D eigenvalue weighted by molar-refractivity contribution is 7.92. The first-order valence-electron chi connectivity index (χ1n) is 36.7. The monoisotopic (exact) mass is 1570 g/mol. The van der Waals surface area contributed by atoms with Crippen LogP contribution in [0.1, 0.15) is 137 Å². The Morgan fingerprint density at radius 1 is 0.732 bits per heavy atom. The number of nitrogens with one attached hydrogen (secondary N) is 10. The number of carbonyl (C=O) groups is 11. The van der Waals surface area contributed by atoms with Gasteiger partial charge in [0.2, 0.25) is 29.2 Å². The number of esters is 2. The maximum Gasteiger partial charge on any atom is 0.355 e. The minimum absolute atomic E-state index is 0.00157. The molecule has 112 heavy (non-hydrogen) atoms. The van der Waals surface area contributed by atoms with Gasteiger partial charge in [0.05, 0.1) is 98.5 Å². The van der Waals surface area contributed by atoms with Crippen molar-refractivity contribution in [1.29, 1.82) is 0 Å². The van der Waals surface area contributed by atoms with Crippen LogP contribution in [0.2, 0.25) is 0 Å². The molecule has 0 unspecified atom stereocenters. The number of hydrogen-bond acceptors (Lipinski definition) is 20. The molecule has 4 aliphatic rings. The number of halogens is 1. The van der Waals surface area contributed by atoms with Crippen LogP contribution in [-0.4, -0.2) is 176 Å². The summed E-state index contributed by atoms with van der Waals surface area (Å²) in [4.78, 5) is 165. The second-order valence-electron chi connectivity index (χ2n) is 27.6. The normalized spacial score (nSPS) is 16.8. The molecule has 0 saturated carbocycles. The smallest absolute Gasteiger partial charge is 0.355 e. The predicted octanol–water partition coefficient (Wildman–Crippen LogP) is 6.22. The number of fused-ring (bicyclic) bond motifs is 5. The quantitative estimate of drug-likeness (QED) is 0.0155. The standard InChI is InChI=1S/C76H90FN13O21S/c1-7-24-78-73(102)83-47-13-10-15-49(34-47)112(105,106)88-48-14-9-12-44(33-48)56(37-62(93)94)86-75(104)82-46-19-17-45(18-20-46)81-74(103)79-25-28-108-30-32-109-31-29-107-27-23-61(92)84-58(38-63(95)96)70(99)89-26-11-16-59(89)68(97)87-66(41(3)4)71(100)111-76(8-2)53-35-60-67-51(39-90(60)69(98)52(53)40-110-72(76)101)65-55(80-43(6)91)22-21-50-42(5)54(77)36-57(85-67)64(50)65/h9-10,12-15,17-20,33-36,41,55-56,58-59,66,88H,7-8,11,16,21-32,37-40H2,1-6H3,(H,80,91)(H,84,92)(H,87,97)(H,93,94)(H,95,96)(H2,78,83,102)(H2,79,81,103)(H2,82,86,104)/t55-,56+,58-,59-,66-,76-/m0/s1. The third-order valence-electron chi connectivity index (χ3n) is 19.4. The lowest BCUT2D eigenvalue weighted by atomic mass is 9.81. The number of sulfonamides is 1. The van der Waals surface area contributed by atoms with E-state index in [9.17, 15) is 76.2 Å². The number of ether oxygens (including phenoxy) is 5. The van der Waals surface area contributed by atoms with Crippen molar-refractivity contribution < 1.29 is 99.4 Å². The van der Waals surface area contributed by atoms with Gasteiger partial charge in [-0.3, -0.25) is 38.3 Å². The van der Waals surface area contributed by atoms with Crippen molar-refractivity contribution in [3.63, 3.8) is 0 Å². The molecule has 0 bridgehead atoms. The number of anilines is 4. The Kier molecular flexibility index (Phi) is 27.3. The van der Waals surface area contributed by atoms with Crippen LogP contribution >= 0.6 is 0 Å². The van der Waals surface area contributed by atoms with Crippen LogP contribution in [0.4, 0.5) is 41.5 Å². The molecule has 10 amide bonds. The lowest BCUT2D eigenvalue weighted by molar-refractivity contribution is -0.191. The van der Waals surface area contributed by atoms with Crippen molar-refractivity contribution >= 4 is 109 Å². The van der Waals surface area contributed by atoms with Crippen molar-refractivity contribution in [1.82, 2.24) is 46.4 Å². The van der Waals surface area contributed by atoms with Crippen molar-refractivity contribution in [2.75, 3.05) is 79.9 Å². The molecule has 1 saturated heterocycles. The fourth-order valence-corrected chi connectivity index (χ4v) is 15.0. The van der Waals surface area contributed by atoms with E-state index in [0.29, 0.717) is 71.2 Å². The summed E-state index contributed by atoms with van der Waals surface area (Å²) in [5.41, 5.74) is 1.92. The topological polar surface area (TPSA) is 467 Å². The van der Waals surface area contributed by atoms with Gasteiger partial charge in [-0.05, 0) is 134 Å². The molecule has 5 heterocycles. The number of urea groups is 3. The number of aromatic nitrogens is 2. The average molecular weight is 1570 g/mol. The molecule has 6 aromatic rings. The first kappa shape index (κ1) is 82.9. The molecular weight excluding hydrogens is 1480 g/mol. The number of pyridine rings is 2. The SMILES string of the molecule is CCCNC(=O)Nc1cccc(S(=O)(=O)Nc2cccc([C@@H](CC(=O)O)NC(=O)Nc3ccc(NC(=O)NCCOCCOCCOCCC(=O)N[C@@H](CC(=O)O)C(=O)N4CCC[C@H]4C(=O)N[C@H](C(=O)O[C@]4(CC)C(=O)OCc5c4cc4n(c5=O)Cc5c-4nc4cc(F)c(C)c6c4c5[C@@H](NC(C)=O)CC6)C(C)C)cc3)c2)c1. The van der Waals surface area contributed by atoms with Gasteiger partial charge in [0.1, 0.15) is 30.5 Å². The highest BCUT2D eigenvalue weighted by Crippen LogP contribution is 2.47. The van der Waals surface area contributed by atoms with E-state index in [4.69, 9.17) is 28.7 Å². The summed E-state index contributed by atoms with van der Waals surface area (Å²) in [5, 5.41) is 44.1. The average Bonchev–Trinajstić information content (AvgIpc) is 1.41. The molecule has 1 fully saturated rings. The fourth-order valence-electron chi connectivity index (χ4n) is 13.9. The molecule has 34 nitrogen and oxygen atoms in total. The molecule has 1 aliphatic carbocycles. The summed E-state index contributed by atoms with van der Waals surface area (Å²) in [7, 11) is -4.20. The molecule has 3 aliphatic heterocycles. The van der Waals surface area contributed by atoms with Crippen molar-refractivity contribution in [2.24, 2.45) is 5.92 Å². The summed E-state index contributed by atoms with van der Waals surface area (Å²) >= 11 is 0. The Morgan fingerprint density at radius 3 is 2.05 bits per heavy atom. The Bertz CT molecular complexity index is 4810. The van der Waals surface area contributed by atoms with E-state index < -0.39 is 142 Å². The molecule has 10 rings (SSSR count). The Hall–Kier alpha value is -11.6. The number of carboxylic acid groups (broad SMARTS) is 2. The van der Waals surface area contributed by atoms with E-state index in [1.807, 2.05) is 6.92 Å². The molecule has 6 atom stereocenters. The minimum atomic E-state index is -4.20. The van der Waals surface area contributed by atoms with Crippen LogP contribution in [0, 0.1) is 18.7 Å². The summed E-state index contributed by atoms with van der Waals surface area (Å²) in [5.74, 6) is -8.58. The van der Waals surface area contributed by atoms with Crippen LogP contribution in [0.5, 0.6) is 0 Å². The molecular formula is C76H90FN13O21S. The Labute approximate surface area is 642 Å². The van der Waals surface area contributed by atoms with Gasteiger partial charge in [0.25, 0.3) is 15.6 Å². The number of hydrogen-bond donors (Lipinski definition) is 12. The van der Waals surface area contributed by atoms with Gasteiger partial charge < -0.3 is 91.2 Å². The van der Waals surface area contributed by atoms with Gasteiger partial charge in [0, 0.05) is 78.3 Å². The minimum Gasteiger partial charge on any atom is -0.481 e. The lowest BCUT2D eigenvalue weighted by Gasteiger charge is -2.37. The maximum atomic E-state index is 15.5. The number of likely N-dealkylation sites (tertiary alicyclic amines) is 1. The van der Waals surface area contributed by atoms with Gasteiger partial charge in [-0.15, -0.1) is 0 Å². The van der Waals surface area contributed by atoms with E-state index in [1.165, 1.54) is 90.4 Å². The van der Waals surface area contributed by atoms with Gasteiger partial charge >= 0.3 is 42.0 Å². The third-order valence-corrected chi connectivity index (χ3v) is 20.8. The second-order valence-corrected chi connectivity index (χ2v) is 29.2. The van der Waals surface area contributed by atoms with E-state index in [-0.39, 0.29) is 129 Å². The predicted molar refractivity (Wildman–Crippen MR) is 402 cm³/mol. The molecule has 12 N–H and O–H groups in total. The zero-order valence-electron chi connectivity index (χ0n) is 62.5. The largest absolute Gasteiger partial charge is 0.481 e. The van der Waals surface area contributed by atoms with Crippen molar-refractivity contribution in [3.05, 3.63) is 140 Å². The summed E-state index contributed by atoms with van der Waals surface area (Å²) < 4.78 is 74.5. The number of aryl methyl sites for hydroxylation is 1. The molecule has 598 valence electrons. The summed E-state index contributed by atoms with van der Waals surface area (Å²) in [6.07, 6.45) is 0.115. The highest BCUT2D eigenvalue weighted by atomic mass is 32.2. The number of nitrogens with zero attached hydrogens (tertiary/aromatic N) is 3. The Morgan fingerprint density at radius 2 is 1.38 bits per heavy atom. The van der Waals surface area contributed by atoms with Crippen molar-refractivity contribution in [2.45, 2.75) is 153 Å². The van der Waals surface area contributed by atoms with E-state index in [0.717, 1.165) is 10.5 Å². The first-order valence-corrected chi connectivity index (χ1v) is 38.1.